The highest BCUT2D eigenvalue weighted by molar-refractivity contribution is 9.11. The molecule has 1 aromatic heterocycles. The Morgan fingerprint density at radius 1 is 1.18 bits per heavy atom. The lowest BCUT2D eigenvalue weighted by atomic mass is 10.2. The van der Waals surface area contributed by atoms with Gasteiger partial charge in [0.1, 0.15) is 11.5 Å². The number of benzene rings is 1. The first kappa shape index (κ1) is 22.8. The third-order valence-corrected chi connectivity index (χ3v) is 5.37. The molecule has 1 N–H and O–H groups in total. The van der Waals surface area contributed by atoms with Gasteiger partial charge < -0.3 is 19.5 Å². The van der Waals surface area contributed by atoms with Gasteiger partial charge in [0.2, 0.25) is 6.10 Å². The molecule has 0 radical (unpaired) electrons. The van der Waals surface area contributed by atoms with Gasteiger partial charge in [-0.3, -0.25) is 4.98 Å². The van der Waals surface area contributed by atoms with E-state index in [2.05, 4.69) is 42.2 Å². The van der Waals surface area contributed by atoms with E-state index in [1.165, 1.54) is 20.4 Å². The van der Waals surface area contributed by atoms with Crippen LogP contribution in [0.15, 0.2) is 33.3 Å². The third-order valence-electron chi connectivity index (χ3n) is 3.87. The summed E-state index contributed by atoms with van der Waals surface area (Å²) in [6, 6.07) is 5.11. The first-order valence-electron chi connectivity index (χ1n) is 8.13. The van der Waals surface area contributed by atoms with Gasteiger partial charge in [-0.05, 0) is 44.8 Å². The van der Waals surface area contributed by atoms with Crippen molar-refractivity contribution in [1.82, 2.24) is 10.3 Å². The molecule has 0 saturated carbocycles. The average molecular weight is 528 g/mol. The SMILES string of the molecule is COc1ccc(CNCC(Oc2c(Br)cnc(C)c2Br)C(F)(F)F)c(OC)c1. The van der Waals surface area contributed by atoms with Crippen LogP contribution in [0.25, 0.3) is 0 Å². The monoisotopic (exact) mass is 526 g/mol. The van der Waals surface area contributed by atoms with Gasteiger partial charge in [-0.1, -0.05) is 6.07 Å². The predicted octanol–water partition coefficient (Wildman–Crippen LogP) is 5.03. The number of ether oxygens (including phenoxy) is 3. The Labute approximate surface area is 177 Å². The maximum atomic E-state index is 13.5. The van der Waals surface area contributed by atoms with Crippen molar-refractivity contribution in [3.63, 3.8) is 0 Å². The summed E-state index contributed by atoms with van der Waals surface area (Å²) in [5.41, 5.74) is 1.22. The zero-order valence-electron chi connectivity index (χ0n) is 15.4. The predicted molar refractivity (Wildman–Crippen MR) is 106 cm³/mol. The minimum Gasteiger partial charge on any atom is -0.497 e. The molecule has 154 valence electrons. The van der Waals surface area contributed by atoms with E-state index in [4.69, 9.17) is 14.2 Å². The second kappa shape index (κ2) is 9.80. The molecule has 0 aliphatic rings. The second-order valence-electron chi connectivity index (χ2n) is 5.79. The van der Waals surface area contributed by atoms with Crippen LogP contribution in [-0.4, -0.2) is 38.0 Å². The Hall–Kier alpha value is -1.52. The molecule has 0 aliphatic carbocycles. The van der Waals surface area contributed by atoms with Crippen molar-refractivity contribution < 1.29 is 27.4 Å². The average Bonchev–Trinajstić information content (AvgIpc) is 2.65. The zero-order chi connectivity index (χ0) is 20.9. The molecule has 5 nitrogen and oxygen atoms in total. The molecule has 28 heavy (non-hydrogen) atoms. The van der Waals surface area contributed by atoms with Crippen LogP contribution >= 0.6 is 31.9 Å². The molecule has 0 amide bonds. The number of nitrogens with one attached hydrogen (secondary N) is 1. The summed E-state index contributed by atoms with van der Waals surface area (Å²) < 4.78 is 56.8. The smallest absolute Gasteiger partial charge is 0.426 e. The number of aromatic nitrogens is 1. The van der Waals surface area contributed by atoms with Gasteiger partial charge in [0.15, 0.2) is 5.75 Å². The molecule has 0 saturated heterocycles. The van der Waals surface area contributed by atoms with Crippen molar-refractivity contribution in [2.45, 2.75) is 25.7 Å². The maximum Gasteiger partial charge on any atom is 0.426 e. The quantitative estimate of drug-likeness (QED) is 0.521. The second-order valence-corrected chi connectivity index (χ2v) is 7.44. The topological polar surface area (TPSA) is 52.6 Å². The lowest BCUT2D eigenvalue weighted by Crippen LogP contribution is -2.43. The molecule has 0 bridgehead atoms. The molecular weight excluding hydrogens is 509 g/mol. The number of alkyl halides is 3. The Morgan fingerprint density at radius 3 is 2.50 bits per heavy atom. The van der Waals surface area contributed by atoms with Crippen LogP contribution in [0.2, 0.25) is 0 Å². The zero-order valence-corrected chi connectivity index (χ0v) is 18.5. The Morgan fingerprint density at radius 2 is 1.89 bits per heavy atom. The van der Waals surface area contributed by atoms with Crippen LogP contribution in [0.4, 0.5) is 13.2 Å². The number of pyridine rings is 1. The van der Waals surface area contributed by atoms with Crippen LogP contribution in [0.5, 0.6) is 17.2 Å². The van der Waals surface area contributed by atoms with Gasteiger partial charge >= 0.3 is 6.18 Å². The fraction of sp³-hybridized carbons (Fsp3) is 0.389. The number of hydrogen-bond acceptors (Lipinski definition) is 5. The van der Waals surface area contributed by atoms with E-state index in [-0.39, 0.29) is 12.3 Å². The van der Waals surface area contributed by atoms with Crippen molar-refractivity contribution in [3.05, 3.63) is 44.6 Å². The summed E-state index contributed by atoms with van der Waals surface area (Å²) >= 11 is 6.41. The number of methoxy groups -OCH3 is 2. The van der Waals surface area contributed by atoms with E-state index in [9.17, 15) is 13.2 Å². The molecule has 2 rings (SSSR count). The van der Waals surface area contributed by atoms with Crippen LogP contribution in [0.3, 0.4) is 0 Å². The van der Waals surface area contributed by atoms with Crippen molar-refractivity contribution >= 4 is 31.9 Å². The highest BCUT2D eigenvalue weighted by Crippen LogP contribution is 2.37. The van der Waals surface area contributed by atoms with Crippen LogP contribution < -0.4 is 19.5 Å². The number of nitrogens with zero attached hydrogens (tertiary/aromatic N) is 1. The van der Waals surface area contributed by atoms with Crippen LogP contribution in [0, 0.1) is 6.92 Å². The highest BCUT2D eigenvalue weighted by Gasteiger charge is 2.42. The maximum absolute atomic E-state index is 13.5. The molecular formula is C18H19Br2F3N2O3. The summed E-state index contributed by atoms with van der Waals surface area (Å²) in [6.07, 6.45) is -5.21. The number of halogens is 5. The van der Waals surface area contributed by atoms with Gasteiger partial charge in [-0.25, -0.2) is 0 Å². The van der Waals surface area contributed by atoms with Crippen molar-refractivity contribution in [1.29, 1.82) is 0 Å². The first-order chi connectivity index (χ1) is 13.2. The summed E-state index contributed by atoms with van der Waals surface area (Å²) in [6.45, 7) is 1.39. The highest BCUT2D eigenvalue weighted by atomic mass is 79.9. The van der Waals surface area contributed by atoms with Gasteiger partial charge in [-0.15, -0.1) is 0 Å². The van der Waals surface area contributed by atoms with Crippen molar-refractivity contribution in [2.24, 2.45) is 0 Å². The fourth-order valence-electron chi connectivity index (χ4n) is 2.35. The number of hydrogen-bond donors (Lipinski definition) is 1. The lowest BCUT2D eigenvalue weighted by molar-refractivity contribution is -0.193. The summed E-state index contributed by atoms with van der Waals surface area (Å²) in [7, 11) is 3.01. The van der Waals surface area contributed by atoms with Crippen LogP contribution in [-0.2, 0) is 6.54 Å². The third kappa shape index (κ3) is 5.74. The summed E-state index contributed by atoms with van der Waals surface area (Å²) in [5.74, 6) is 1.17. The van der Waals surface area contributed by atoms with E-state index in [1.807, 2.05) is 0 Å². The van der Waals surface area contributed by atoms with E-state index < -0.39 is 18.8 Å². The van der Waals surface area contributed by atoms with Crippen LogP contribution in [0.1, 0.15) is 11.3 Å². The van der Waals surface area contributed by atoms with E-state index in [0.717, 1.165) is 0 Å². The number of aryl methyl sites for hydroxylation is 1. The van der Waals surface area contributed by atoms with E-state index in [0.29, 0.717) is 31.7 Å². The molecule has 0 aliphatic heterocycles. The molecule has 1 unspecified atom stereocenters. The Bertz CT molecular complexity index is 819. The minimum absolute atomic E-state index is 0.0543. The molecule has 1 aromatic carbocycles. The molecule has 0 spiro atoms. The Kier molecular flexibility index (Phi) is 7.97. The van der Waals surface area contributed by atoms with E-state index in [1.54, 1.807) is 25.1 Å². The largest absolute Gasteiger partial charge is 0.497 e. The first-order valence-corrected chi connectivity index (χ1v) is 9.71. The van der Waals surface area contributed by atoms with Gasteiger partial charge in [0.25, 0.3) is 0 Å². The molecule has 0 fully saturated rings. The Balaban J connectivity index is 2.12. The summed E-state index contributed by atoms with van der Waals surface area (Å²) in [4.78, 5) is 4.05. The van der Waals surface area contributed by atoms with E-state index >= 15 is 0 Å². The van der Waals surface area contributed by atoms with Crippen molar-refractivity contribution in [2.75, 3.05) is 20.8 Å². The van der Waals surface area contributed by atoms with Gasteiger partial charge in [0.05, 0.1) is 28.9 Å². The fourth-order valence-corrected chi connectivity index (χ4v) is 3.42. The molecule has 1 heterocycles. The molecule has 2 aromatic rings. The molecule has 10 heteroatoms. The summed E-state index contributed by atoms with van der Waals surface area (Å²) in [5, 5.41) is 2.78. The standard InChI is InChI=1S/C18H19Br2F3N2O3/c1-10-16(20)17(13(19)8-25-10)28-15(18(21,22)23)9-24-7-11-4-5-12(26-2)6-14(11)27-3/h4-6,8,15,24H,7,9H2,1-3H3. The number of rotatable bonds is 8. The minimum atomic E-state index is -4.56. The van der Waals surface area contributed by atoms with Gasteiger partial charge in [0, 0.05) is 30.9 Å². The van der Waals surface area contributed by atoms with Gasteiger partial charge in [-0.2, -0.15) is 13.2 Å². The van der Waals surface area contributed by atoms with Crippen molar-refractivity contribution in [3.8, 4) is 17.2 Å². The molecule has 1 atom stereocenters. The lowest BCUT2D eigenvalue weighted by Gasteiger charge is -2.24. The normalized spacial score (nSPS) is 12.6.